The first kappa shape index (κ1) is 20.7. The number of aliphatic imine (C=N–C) groups is 2. The highest BCUT2D eigenvalue weighted by atomic mass is 32.2. The van der Waals surface area contributed by atoms with Crippen LogP contribution in [0.15, 0.2) is 111 Å². The van der Waals surface area contributed by atoms with Gasteiger partial charge in [-0.2, -0.15) is 0 Å². The zero-order valence-electron chi connectivity index (χ0n) is 18.3. The molecule has 0 N–H and O–H groups in total. The van der Waals surface area contributed by atoms with Gasteiger partial charge in [0.2, 0.25) is 0 Å². The molecular weight excluding hydrogens is 410 g/mol. The summed E-state index contributed by atoms with van der Waals surface area (Å²) in [6.45, 7) is 1.65. The highest BCUT2D eigenvalue weighted by molar-refractivity contribution is 7.99. The number of benzene rings is 4. The van der Waals surface area contributed by atoms with Crippen molar-refractivity contribution in [3.8, 4) is 0 Å². The molecule has 0 saturated carbocycles. The summed E-state index contributed by atoms with van der Waals surface area (Å²) in [6.07, 6.45) is 0. The van der Waals surface area contributed by atoms with E-state index in [0.29, 0.717) is 0 Å². The van der Waals surface area contributed by atoms with E-state index in [9.17, 15) is 0 Å². The fraction of sp³-hybridized carbons (Fsp3) is 0.143. The van der Waals surface area contributed by atoms with Crippen LogP contribution in [0.3, 0.4) is 0 Å². The average molecular weight is 436 g/mol. The van der Waals surface area contributed by atoms with Crippen molar-refractivity contribution in [3.63, 3.8) is 0 Å². The number of likely N-dealkylation sites (N-methyl/N-ethyl adjacent to an activating group) is 1. The van der Waals surface area contributed by atoms with E-state index in [-0.39, 0.29) is 0 Å². The molecule has 158 valence electrons. The van der Waals surface area contributed by atoms with Gasteiger partial charge in [-0.15, -0.1) is 0 Å². The van der Waals surface area contributed by atoms with Crippen LogP contribution in [0.5, 0.6) is 0 Å². The van der Waals surface area contributed by atoms with Gasteiger partial charge in [-0.1, -0.05) is 78.5 Å². The zero-order valence-corrected chi connectivity index (χ0v) is 19.1. The average Bonchev–Trinajstić information content (AvgIpc) is 3.10. The number of hydrogen-bond acceptors (Lipinski definition) is 4. The minimum Gasteiger partial charge on any atom is -0.308 e. The first-order chi connectivity index (χ1) is 15.7. The van der Waals surface area contributed by atoms with E-state index >= 15 is 0 Å². The molecule has 0 aliphatic heterocycles. The zero-order chi connectivity index (χ0) is 21.9. The molecular formula is C28H25N3S. The minimum atomic E-state index is 0.742. The van der Waals surface area contributed by atoms with Crippen molar-refractivity contribution in [3.05, 3.63) is 102 Å². The molecule has 0 unspecified atom stereocenters. The highest BCUT2D eigenvalue weighted by Crippen LogP contribution is 2.37. The molecule has 0 fully saturated rings. The SMILES string of the molecule is CN(C)CCN=C1C(=Nc2ccccc2Sc2ccccc2)c2cccc3cccc1c23. The third-order valence-corrected chi connectivity index (χ3v) is 6.60. The Morgan fingerprint density at radius 2 is 1.41 bits per heavy atom. The highest BCUT2D eigenvalue weighted by Gasteiger charge is 2.27. The Labute approximate surface area is 193 Å². The molecule has 0 radical (unpaired) electrons. The van der Waals surface area contributed by atoms with Crippen LogP contribution < -0.4 is 0 Å². The quantitative estimate of drug-likeness (QED) is 0.347. The molecule has 0 bridgehead atoms. The van der Waals surface area contributed by atoms with Crippen LogP contribution in [0.4, 0.5) is 5.69 Å². The Morgan fingerprint density at radius 3 is 2.16 bits per heavy atom. The normalized spacial score (nSPS) is 15.3. The van der Waals surface area contributed by atoms with E-state index in [1.54, 1.807) is 11.8 Å². The molecule has 0 atom stereocenters. The summed E-state index contributed by atoms with van der Waals surface area (Å²) in [7, 11) is 4.16. The summed E-state index contributed by atoms with van der Waals surface area (Å²) in [4.78, 5) is 14.8. The van der Waals surface area contributed by atoms with Crippen LogP contribution >= 0.6 is 11.8 Å². The molecule has 1 aliphatic carbocycles. The molecule has 0 amide bonds. The lowest BCUT2D eigenvalue weighted by Gasteiger charge is -2.09. The number of hydrogen-bond donors (Lipinski definition) is 0. The Balaban J connectivity index is 1.63. The van der Waals surface area contributed by atoms with Crippen molar-refractivity contribution in [1.82, 2.24) is 4.90 Å². The van der Waals surface area contributed by atoms with Crippen LogP contribution in [-0.4, -0.2) is 43.5 Å². The molecule has 32 heavy (non-hydrogen) atoms. The van der Waals surface area contributed by atoms with Crippen molar-refractivity contribution < 1.29 is 0 Å². The fourth-order valence-electron chi connectivity index (χ4n) is 4.00. The molecule has 0 heterocycles. The maximum Gasteiger partial charge on any atom is 0.0974 e. The van der Waals surface area contributed by atoms with Crippen molar-refractivity contribution in [2.24, 2.45) is 9.98 Å². The smallest absolute Gasteiger partial charge is 0.0974 e. The standard InChI is InChI=1S/C28H25N3S/c1-31(2)19-18-29-27-22-14-8-10-20-11-9-15-23(26(20)22)28(27)30-24-16-6-7-17-25(24)32-21-12-4-3-5-13-21/h3-17H,18-19H2,1-2H3. The maximum absolute atomic E-state index is 5.22. The summed E-state index contributed by atoms with van der Waals surface area (Å²) >= 11 is 1.74. The predicted molar refractivity (Wildman–Crippen MR) is 137 cm³/mol. The third-order valence-electron chi connectivity index (χ3n) is 5.52. The van der Waals surface area contributed by atoms with Crippen LogP contribution in [0.25, 0.3) is 10.8 Å². The van der Waals surface area contributed by atoms with Crippen molar-refractivity contribution in [2.45, 2.75) is 9.79 Å². The monoisotopic (exact) mass is 435 g/mol. The lowest BCUT2D eigenvalue weighted by molar-refractivity contribution is 0.420. The van der Waals surface area contributed by atoms with Gasteiger partial charge in [0.05, 0.1) is 23.7 Å². The Morgan fingerprint density at radius 1 is 0.719 bits per heavy atom. The lowest BCUT2D eigenvalue weighted by atomic mass is 10.1. The molecule has 5 rings (SSSR count). The van der Waals surface area contributed by atoms with E-state index in [1.165, 1.54) is 26.8 Å². The topological polar surface area (TPSA) is 28.0 Å². The van der Waals surface area contributed by atoms with Crippen LogP contribution in [0, 0.1) is 0 Å². The first-order valence-corrected chi connectivity index (χ1v) is 11.6. The summed E-state index contributed by atoms with van der Waals surface area (Å²) in [6, 6.07) is 31.7. The molecule has 4 aromatic carbocycles. The van der Waals surface area contributed by atoms with Gasteiger partial charge in [-0.3, -0.25) is 4.99 Å². The van der Waals surface area contributed by atoms with E-state index in [4.69, 9.17) is 9.98 Å². The van der Waals surface area contributed by atoms with Crippen molar-refractivity contribution in [1.29, 1.82) is 0 Å². The van der Waals surface area contributed by atoms with Crippen LogP contribution in [0.1, 0.15) is 11.1 Å². The largest absolute Gasteiger partial charge is 0.308 e. The predicted octanol–water partition coefficient (Wildman–Crippen LogP) is 6.48. The van der Waals surface area contributed by atoms with Gasteiger partial charge in [-0.05, 0) is 43.7 Å². The van der Waals surface area contributed by atoms with Gasteiger partial charge in [-0.25, -0.2) is 4.99 Å². The van der Waals surface area contributed by atoms with Gasteiger partial charge in [0, 0.05) is 32.8 Å². The van der Waals surface area contributed by atoms with Crippen LogP contribution in [-0.2, 0) is 0 Å². The summed E-state index contributed by atoms with van der Waals surface area (Å²) in [5.74, 6) is 0. The number of rotatable bonds is 6. The van der Waals surface area contributed by atoms with E-state index in [1.807, 2.05) is 6.07 Å². The van der Waals surface area contributed by atoms with Gasteiger partial charge in [0.1, 0.15) is 0 Å². The van der Waals surface area contributed by atoms with Gasteiger partial charge >= 0.3 is 0 Å². The van der Waals surface area contributed by atoms with E-state index in [2.05, 4.69) is 104 Å². The number of nitrogens with zero attached hydrogens (tertiary/aromatic N) is 3. The Hall–Kier alpha value is -3.21. The first-order valence-electron chi connectivity index (χ1n) is 10.8. The maximum atomic E-state index is 5.22. The second-order valence-electron chi connectivity index (χ2n) is 8.09. The fourth-order valence-corrected chi connectivity index (χ4v) is 4.91. The lowest BCUT2D eigenvalue weighted by Crippen LogP contribution is -2.18. The molecule has 3 nitrogen and oxygen atoms in total. The van der Waals surface area contributed by atoms with Crippen LogP contribution in [0.2, 0.25) is 0 Å². The minimum absolute atomic E-state index is 0.742. The van der Waals surface area contributed by atoms with Crippen molar-refractivity contribution in [2.75, 3.05) is 27.2 Å². The molecule has 0 spiro atoms. The van der Waals surface area contributed by atoms with E-state index < -0.39 is 0 Å². The van der Waals surface area contributed by atoms with Crippen molar-refractivity contribution >= 4 is 39.6 Å². The second-order valence-corrected chi connectivity index (χ2v) is 9.20. The summed E-state index contributed by atoms with van der Waals surface area (Å²) < 4.78 is 0. The number of para-hydroxylation sites is 1. The molecule has 0 aromatic heterocycles. The second kappa shape index (κ2) is 9.11. The van der Waals surface area contributed by atoms with E-state index in [0.717, 1.165) is 35.1 Å². The Kier molecular flexibility index (Phi) is 5.89. The third kappa shape index (κ3) is 4.12. The molecule has 4 heteroatoms. The molecule has 1 aliphatic rings. The summed E-state index contributed by atoms with van der Waals surface area (Å²) in [5.41, 5.74) is 5.29. The molecule has 0 saturated heterocycles. The van der Waals surface area contributed by atoms with Gasteiger partial charge < -0.3 is 4.90 Å². The summed E-state index contributed by atoms with van der Waals surface area (Å²) in [5, 5.41) is 2.49. The van der Waals surface area contributed by atoms with Gasteiger partial charge in [0.15, 0.2) is 0 Å². The Bertz CT molecular complexity index is 1320. The molecule has 4 aromatic rings. The van der Waals surface area contributed by atoms with Gasteiger partial charge in [0.25, 0.3) is 0 Å².